The molecular weight excluding hydrogens is 274 g/mol. The number of aryl methyl sites for hydroxylation is 1. The Morgan fingerprint density at radius 1 is 1.32 bits per heavy atom. The smallest absolute Gasteiger partial charge is 0.0967 e. The zero-order chi connectivity index (χ0) is 15.7. The first-order valence-corrected chi connectivity index (χ1v) is 7.98. The summed E-state index contributed by atoms with van der Waals surface area (Å²) < 4.78 is 1.95. The second-order valence-electron chi connectivity index (χ2n) is 7.28. The van der Waals surface area contributed by atoms with Gasteiger partial charge in [0.1, 0.15) is 0 Å². The van der Waals surface area contributed by atoms with Crippen LogP contribution in [0, 0.1) is 6.92 Å². The van der Waals surface area contributed by atoms with Crippen LogP contribution in [0.5, 0.6) is 0 Å². The van der Waals surface area contributed by atoms with E-state index in [1.54, 1.807) is 0 Å². The van der Waals surface area contributed by atoms with Crippen molar-refractivity contribution >= 4 is 0 Å². The molecule has 1 fully saturated rings. The molecule has 1 aliphatic heterocycles. The number of hydrogen-bond acceptors (Lipinski definition) is 4. The summed E-state index contributed by atoms with van der Waals surface area (Å²) in [5, 5.41) is 8.57. The lowest BCUT2D eigenvalue weighted by Gasteiger charge is -2.18. The van der Waals surface area contributed by atoms with Crippen LogP contribution in [0.1, 0.15) is 49.9 Å². The van der Waals surface area contributed by atoms with E-state index in [0.29, 0.717) is 5.92 Å². The van der Waals surface area contributed by atoms with Gasteiger partial charge in [0.2, 0.25) is 0 Å². The minimum absolute atomic E-state index is 0.00832. The molecule has 1 saturated heterocycles. The molecule has 1 aliphatic rings. The van der Waals surface area contributed by atoms with Crippen LogP contribution in [0.4, 0.5) is 0 Å². The Morgan fingerprint density at radius 2 is 2.14 bits per heavy atom. The number of aromatic nitrogens is 4. The van der Waals surface area contributed by atoms with E-state index in [2.05, 4.69) is 60.2 Å². The average molecular weight is 299 g/mol. The van der Waals surface area contributed by atoms with Gasteiger partial charge in [-0.1, -0.05) is 5.21 Å². The molecule has 3 heterocycles. The molecule has 1 atom stereocenters. The minimum atomic E-state index is -0.00832. The highest BCUT2D eigenvalue weighted by Crippen LogP contribution is 2.29. The van der Waals surface area contributed by atoms with Crippen LogP contribution in [0.15, 0.2) is 24.7 Å². The molecule has 0 bridgehead atoms. The molecule has 0 radical (unpaired) electrons. The molecule has 2 aromatic rings. The van der Waals surface area contributed by atoms with E-state index < -0.39 is 0 Å². The summed E-state index contributed by atoms with van der Waals surface area (Å²) in [5.74, 6) is 0.589. The Kier molecular flexibility index (Phi) is 4.00. The summed E-state index contributed by atoms with van der Waals surface area (Å²) in [4.78, 5) is 6.75. The fourth-order valence-electron chi connectivity index (χ4n) is 3.06. The van der Waals surface area contributed by atoms with Crippen LogP contribution >= 0.6 is 0 Å². The van der Waals surface area contributed by atoms with Crippen LogP contribution in [-0.4, -0.2) is 38.0 Å². The molecule has 0 amide bonds. The average Bonchev–Trinajstić information content (AvgIpc) is 3.09. The Morgan fingerprint density at radius 3 is 2.82 bits per heavy atom. The molecule has 2 aromatic heterocycles. The molecule has 0 spiro atoms. The fraction of sp³-hybridized carbons (Fsp3) is 0.588. The standard InChI is InChI=1S/C17H25N5/c1-13-5-7-18-9-16(13)14-6-8-21(10-14)11-15-12-22(20-19-15)17(2,3)4/h5,7,9,12,14H,6,8,10-11H2,1-4H3/t14-/m0/s1. The Labute approximate surface area is 132 Å². The molecule has 0 unspecified atom stereocenters. The minimum Gasteiger partial charge on any atom is -0.297 e. The predicted octanol–water partition coefficient (Wildman–Crippen LogP) is 2.73. The Balaban J connectivity index is 1.64. The lowest BCUT2D eigenvalue weighted by Crippen LogP contribution is -2.22. The third-order valence-electron chi connectivity index (χ3n) is 4.41. The van der Waals surface area contributed by atoms with Crippen molar-refractivity contribution < 1.29 is 0 Å². The van der Waals surface area contributed by atoms with Crippen molar-refractivity contribution in [2.45, 2.75) is 52.1 Å². The van der Waals surface area contributed by atoms with E-state index in [0.717, 1.165) is 25.3 Å². The lowest BCUT2D eigenvalue weighted by molar-refractivity contribution is 0.322. The highest BCUT2D eigenvalue weighted by atomic mass is 15.4. The largest absolute Gasteiger partial charge is 0.297 e. The van der Waals surface area contributed by atoms with Gasteiger partial charge in [-0.2, -0.15) is 0 Å². The van der Waals surface area contributed by atoms with Crippen LogP contribution in [0.2, 0.25) is 0 Å². The molecule has 0 saturated carbocycles. The maximum absolute atomic E-state index is 4.32. The van der Waals surface area contributed by atoms with E-state index >= 15 is 0 Å². The first-order chi connectivity index (χ1) is 10.4. The second-order valence-corrected chi connectivity index (χ2v) is 7.28. The molecule has 5 heteroatoms. The molecule has 5 nitrogen and oxygen atoms in total. The van der Waals surface area contributed by atoms with E-state index in [1.807, 2.05) is 17.1 Å². The molecule has 22 heavy (non-hydrogen) atoms. The lowest BCUT2D eigenvalue weighted by atomic mass is 9.96. The molecule has 3 rings (SSSR count). The van der Waals surface area contributed by atoms with Gasteiger partial charge in [-0.25, -0.2) is 4.68 Å². The van der Waals surface area contributed by atoms with Gasteiger partial charge in [-0.15, -0.1) is 5.10 Å². The quantitative estimate of drug-likeness (QED) is 0.874. The number of nitrogens with zero attached hydrogens (tertiary/aromatic N) is 5. The predicted molar refractivity (Wildman–Crippen MR) is 86.6 cm³/mol. The summed E-state index contributed by atoms with van der Waals surface area (Å²) in [5.41, 5.74) is 3.79. The van der Waals surface area contributed by atoms with Gasteiger partial charge in [-0.05, 0) is 63.8 Å². The van der Waals surface area contributed by atoms with Crippen LogP contribution < -0.4 is 0 Å². The topological polar surface area (TPSA) is 46.8 Å². The molecule has 0 N–H and O–H groups in total. The summed E-state index contributed by atoms with van der Waals surface area (Å²) in [6.45, 7) is 11.7. The van der Waals surface area contributed by atoms with E-state index in [9.17, 15) is 0 Å². The van der Waals surface area contributed by atoms with Gasteiger partial charge in [0.25, 0.3) is 0 Å². The summed E-state index contributed by atoms with van der Waals surface area (Å²) in [6.07, 6.45) is 7.17. The molecular formula is C17H25N5. The van der Waals surface area contributed by atoms with Crippen LogP contribution in [-0.2, 0) is 12.1 Å². The number of likely N-dealkylation sites (tertiary alicyclic amines) is 1. The van der Waals surface area contributed by atoms with Crippen molar-refractivity contribution in [2.24, 2.45) is 0 Å². The maximum Gasteiger partial charge on any atom is 0.0967 e. The Hall–Kier alpha value is -1.75. The molecule has 0 aromatic carbocycles. The van der Waals surface area contributed by atoms with Gasteiger partial charge in [0.05, 0.1) is 17.4 Å². The van der Waals surface area contributed by atoms with Crippen LogP contribution in [0.3, 0.4) is 0 Å². The molecule has 118 valence electrons. The van der Waals surface area contributed by atoms with Crippen molar-refractivity contribution in [1.82, 2.24) is 24.9 Å². The van der Waals surface area contributed by atoms with Crippen molar-refractivity contribution in [3.63, 3.8) is 0 Å². The van der Waals surface area contributed by atoms with Crippen molar-refractivity contribution in [2.75, 3.05) is 13.1 Å². The van der Waals surface area contributed by atoms with Crippen molar-refractivity contribution in [3.05, 3.63) is 41.5 Å². The fourth-order valence-corrected chi connectivity index (χ4v) is 3.06. The number of pyridine rings is 1. The highest BCUT2D eigenvalue weighted by Gasteiger charge is 2.26. The van der Waals surface area contributed by atoms with E-state index in [-0.39, 0.29) is 5.54 Å². The summed E-state index contributed by atoms with van der Waals surface area (Å²) in [6, 6.07) is 2.10. The van der Waals surface area contributed by atoms with Gasteiger partial charge in [-0.3, -0.25) is 9.88 Å². The Bertz CT molecular complexity index is 640. The van der Waals surface area contributed by atoms with Crippen molar-refractivity contribution in [3.8, 4) is 0 Å². The van der Waals surface area contributed by atoms with Gasteiger partial charge >= 0.3 is 0 Å². The number of hydrogen-bond donors (Lipinski definition) is 0. The van der Waals surface area contributed by atoms with Gasteiger partial charge < -0.3 is 0 Å². The summed E-state index contributed by atoms with van der Waals surface area (Å²) in [7, 11) is 0. The van der Waals surface area contributed by atoms with E-state index in [1.165, 1.54) is 17.5 Å². The normalized spacial score (nSPS) is 19.7. The van der Waals surface area contributed by atoms with E-state index in [4.69, 9.17) is 0 Å². The maximum atomic E-state index is 4.32. The first-order valence-electron chi connectivity index (χ1n) is 7.98. The zero-order valence-corrected chi connectivity index (χ0v) is 14.0. The zero-order valence-electron chi connectivity index (χ0n) is 14.0. The monoisotopic (exact) mass is 299 g/mol. The van der Waals surface area contributed by atoms with Gasteiger partial charge in [0.15, 0.2) is 0 Å². The summed E-state index contributed by atoms with van der Waals surface area (Å²) >= 11 is 0. The number of rotatable bonds is 3. The third kappa shape index (κ3) is 3.19. The molecule has 0 aliphatic carbocycles. The third-order valence-corrected chi connectivity index (χ3v) is 4.41. The second kappa shape index (κ2) is 5.80. The van der Waals surface area contributed by atoms with Crippen molar-refractivity contribution in [1.29, 1.82) is 0 Å². The highest BCUT2D eigenvalue weighted by molar-refractivity contribution is 5.26. The van der Waals surface area contributed by atoms with Gasteiger partial charge in [0, 0.05) is 25.5 Å². The SMILES string of the molecule is Cc1ccncc1[C@H]1CCN(Cc2cn(C(C)(C)C)nn2)C1. The first kappa shape index (κ1) is 15.2. The van der Waals surface area contributed by atoms with Crippen LogP contribution in [0.25, 0.3) is 0 Å².